The van der Waals surface area contributed by atoms with Gasteiger partial charge in [-0.05, 0) is 62.6 Å². The molecule has 0 radical (unpaired) electrons. The quantitative estimate of drug-likeness (QED) is 0.773. The van der Waals surface area contributed by atoms with Crippen molar-refractivity contribution in [2.24, 2.45) is 0 Å². The van der Waals surface area contributed by atoms with E-state index in [1.807, 2.05) is 36.5 Å². The Hall–Kier alpha value is -2.86. The first kappa shape index (κ1) is 17.5. The predicted molar refractivity (Wildman–Crippen MR) is 105 cm³/mol. The lowest BCUT2D eigenvalue weighted by Crippen LogP contribution is -2.43. The lowest BCUT2D eigenvalue weighted by atomic mass is 10.0. The molecule has 1 aliphatic rings. The lowest BCUT2D eigenvalue weighted by molar-refractivity contribution is -0.121. The third-order valence-corrected chi connectivity index (χ3v) is 5.07. The van der Waals surface area contributed by atoms with E-state index >= 15 is 0 Å². The van der Waals surface area contributed by atoms with Crippen LogP contribution in [0.25, 0.3) is 22.0 Å². The monoisotopic (exact) mass is 361 g/mol. The van der Waals surface area contributed by atoms with Crippen LogP contribution in [0.2, 0.25) is 0 Å². The number of hydrogen-bond donors (Lipinski definition) is 1. The number of amides is 1. The Balaban J connectivity index is 1.48. The van der Waals surface area contributed by atoms with Gasteiger partial charge in [-0.3, -0.25) is 9.78 Å². The standard InChI is InChI=1S/C21H23N5O/c1-26-9-6-18(7-10-26)24-21(27)13-19-12-17-11-15(4-5-16(17)14-22-19)20-3-2-8-23-25-20/h2-5,8,11-12,14,18H,6-7,9-10,13H2,1H3,(H,24,27). The van der Waals surface area contributed by atoms with Gasteiger partial charge in [-0.25, -0.2) is 0 Å². The fourth-order valence-corrected chi connectivity index (χ4v) is 3.49. The third-order valence-electron chi connectivity index (χ3n) is 5.07. The molecule has 0 bridgehead atoms. The van der Waals surface area contributed by atoms with E-state index in [2.05, 4.69) is 38.5 Å². The molecule has 4 rings (SSSR count). The fraction of sp³-hybridized carbons (Fsp3) is 0.333. The molecule has 2 aromatic heterocycles. The van der Waals surface area contributed by atoms with Crippen molar-refractivity contribution in [3.63, 3.8) is 0 Å². The molecular weight excluding hydrogens is 338 g/mol. The minimum Gasteiger partial charge on any atom is -0.353 e. The van der Waals surface area contributed by atoms with Gasteiger partial charge in [0, 0.05) is 29.4 Å². The van der Waals surface area contributed by atoms with Crippen molar-refractivity contribution in [3.05, 3.63) is 54.5 Å². The summed E-state index contributed by atoms with van der Waals surface area (Å²) in [4.78, 5) is 19.2. The van der Waals surface area contributed by atoms with Gasteiger partial charge >= 0.3 is 0 Å². The molecule has 1 aromatic carbocycles. The molecule has 1 saturated heterocycles. The summed E-state index contributed by atoms with van der Waals surface area (Å²) in [5.41, 5.74) is 2.62. The van der Waals surface area contributed by atoms with E-state index < -0.39 is 0 Å². The van der Waals surface area contributed by atoms with Crippen LogP contribution >= 0.6 is 0 Å². The Kier molecular flexibility index (Phi) is 5.07. The van der Waals surface area contributed by atoms with Crippen LogP contribution in [0.15, 0.2) is 48.8 Å². The highest BCUT2D eigenvalue weighted by atomic mass is 16.1. The molecule has 1 fully saturated rings. The van der Waals surface area contributed by atoms with Crippen molar-refractivity contribution in [2.75, 3.05) is 20.1 Å². The van der Waals surface area contributed by atoms with Crippen molar-refractivity contribution in [1.29, 1.82) is 0 Å². The number of hydrogen-bond acceptors (Lipinski definition) is 5. The van der Waals surface area contributed by atoms with Crippen LogP contribution < -0.4 is 5.32 Å². The van der Waals surface area contributed by atoms with Crippen LogP contribution in [0, 0.1) is 0 Å². The normalized spacial score (nSPS) is 15.7. The molecule has 27 heavy (non-hydrogen) atoms. The number of carbonyl (C=O) groups excluding carboxylic acids is 1. The smallest absolute Gasteiger partial charge is 0.226 e. The number of aromatic nitrogens is 3. The molecular formula is C21H23N5O. The number of rotatable bonds is 4. The molecule has 3 heterocycles. The summed E-state index contributed by atoms with van der Waals surface area (Å²) in [5, 5.41) is 13.3. The molecule has 0 spiro atoms. The second-order valence-corrected chi connectivity index (χ2v) is 7.17. The van der Waals surface area contributed by atoms with Crippen molar-refractivity contribution < 1.29 is 4.79 Å². The molecule has 0 atom stereocenters. The maximum atomic E-state index is 12.4. The van der Waals surface area contributed by atoms with Gasteiger partial charge in [-0.1, -0.05) is 12.1 Å². The van der Waals surface area contributed by atoms with E-state index in [1.165, 1.54) is 0 Å². The van der Waals surface area contributed by atoms with Crippen LogP contribution in [-0.4, -0.2) is 52.2 Å². The van der Waals surface area contributed by atoms with Gasteiger partial charge in [0.1, 0.15) is 0 Å². The molecule has 3 aromatic rings. The molecule has 0 aliphatic carbocycles. The second-order valence-electron chi connectivity index (χ2n) is 7.17. The maximum Gasteiger partial charge on any atom is 0.226 e. The Morgan fingerprint density at radius 1 is 1.19 bits per heavy atom. The van der Waals surface area contributed by atoms with E-state index in [9.17, 15) is 4.79 Å². The van der Waals surface area contributed by atoms with Crippen LogP contribution in [0.3, 0.4) is 0 Å². The summed E-state index contributed by atoms with van der Waals surface area (Å²) in [6.45, 7) is 2.06. The Bertz CT molecular complexity index is 936. The molecule has 0 saturated carbocycles. The number of fused-ring (bicyclic) bond motifs is 1. The first-order chi connectivity index (χ1) is 13.2. The number of pyridine rings is 1. The summed E-state index contributed by atoms with van der Waals surface area (Å²) >= 11 is 0. The molecule has 6 heteroatoms. The average Bonchev–Trinajstić information content (AvgIpc) is 2.70. The molecule has 138 valence electrons. The van der Waals surface area contributed by atoms with Crippen LogP contribution in [0.4, 0.5) is 0 Å². The van der Waals surface area contributed by atoms with Gasteiger partial charge in [0.25, 0.3) is 0 Å². The van der Waals surface area contributed by atoms with Gasteiger partial charge in [0.2, 0.25) is 5.91 Å². The van der Waals surface area contributed by atoms with Crippen molar-refractivity contribution in [3.8, 4) is 11.3 Å². The highest BCUT2D eigenvalue weighted by molar-refractivity contribution is 5.87. The third kappa shape index (κ3) is 4.28. The van der Waals surface area contributed by atoms with Crippen molar-refractivity contribution >= 4 is 16.7 Å². The number of nitrogens with zero attached hydrogens (tertiary/aromatic N) is 4. The Morgan fingerprint density at radius 3 is 2.81 bits per heavy atom. The number of piperidine rings is 1. The van der Waals surface area contributed by atoms with E-state index in [0.29, 0.717) is 6.42 Å². The Morgan fingerprint density at radius 2 is 2.04 bits per heavy atom. The second kappa shape index (κ2) is 7.80. The molecule has 6 nitrogen and oxygen atoms in total. The van der Waals surface area contributed by atoms with Gasteiger partial charge in [-0.2, -0.15) is 10.2 Å². The first-order valence-corrected chi connectivity index (χ1v) is 9.32. The van der Waals surface area contributed by atoms with E-state index in [4.69, 9.17) is 0 Å². The number of nitrogens with one attached hydrogen (secondary N) is 1. The van der Waals surface area contributed by atoms with E-state index in [0.717, 1.165) is 53.7 Å². The van der Waals surface area contributed by atoms with Gasteiger partial charge < -0.3 is 10.2 Å². The first-order valence-electron chi connectivity index (χ1n) is 9.32. The minimum absolute atomic E-state index is 0.0430. The zero-order valence-corrected chi connectivity index (χ0v) is 15.4. The molecule has 1 amide bonds. The lowest BCUT2D eigenvalue weighted by Gasteiger charge is -2.29. The van der Waals surface area contributed by atoms with Gasteiger partial charge in [0.15, 0.2) is 0 Å². The van der Waals surface area contributed by atoms with Crippen LogP contribution in [-0.2, 0) is 11.2 Å². The predicted octanol–water partition coefficient (Wildman–Crippen LogP) is 2.44. The van der Waals surface area contributed by atoms with E-state index in [1.54, 1.807) is 6.20 Å². The summed E-state index contributed by atoms with van der Waals surface area (Å²) in [7, 11) is 2.12. The maximum absolute atomic E-state index is 12.4. The zero-order valence-electron chi connectivity index (χ0n) is 15.4. The molecule has 0 unspecified atom stereocenters. The van der Waals surface area contributed by atoms with Crippen LogP contribution in [0.1, 0.15) is 18.5 Å². The summed E-state index contributed by atoms with van der Waals surface area (Å²) in [5.74, 6) is 0.0430. The van der Waals surface area contributed by atoms with Gasteiger partial charge in [0.05, 0.1) is 17.8 Å². The van der Waals surface area contributed by atoms with E-state index in [-0.39, 0.29) is 11.9 Å². The summed E-state index contributed by atoms with van der Waals surface area (Å²) in [6.07, 6.45) is 5.81. The van der Waals surface area contributed by atoms with Crippen LogP contribution in [0.5, 0.6) is 0 Å². The SMILES string of the molecule is CN1CCC(NC(=O)Cc2cc3cc(-c4cccnn4)ccc3cn2)CC1. The summed E-state index contributed by atoms with van der Waals surface area (Å²) in [6, 6.07) is 12.2. The molecule has 1 N–H and O–H groups in total. The largest absolute Gasteiger partial charge is 0.353 e. The Labute approximate surface area is 158 Å². The van der Waals surface area contributed by atoms with Crippen molar-refractivity contribution in [2.45, 2.75) is 25.3 Å². The van der Waals surface area contributed by atoms with Crippen molar-refractivity contribution in [1.82, 2.24) is 25.4 Å². The number of carbonyl (C=O) groups is 1. The zero-order chi connectivity index (χ0) is 18.6. The molecule has 1 aliphatic heterocycles. The number of benzene rings is 1. The topological polar surface area (TPSA) is 71.0 Å². The highest BCUT2D eigenvalue weighted by Crippen LogP contribution is 2.23. The minimum atomic E-state index is 0.0430. The number of likely N-dealkylation sites (tertiary alicyclic amines) is 1. The highest BCUT2D eigenvalue weighted by Gasteiger charge is 2.18. The summed E-state index contributed by atoms with van der Waals surface area (Å²) < 4.78 is 0. The van der Waals surface area contributed by atoms with Gasteiger partial charge in [-0.15, -0.1) is 0 Å². The average molecular weight is 361 g/mol. The fourth-order valence-electron chi connectivity index (χ4n) is 3.49.